The van der Waals surface area contributed by atoms with E-state index in [1.807, 2.05) is 0 Å². The standard InChI is InChI=1S/C29H27F4N3O6/c30-17-12-18(31)25(33)26(24(17)32)41-13-21(37)19(10-16-7-8-34-27(16)38)35-28(39)20(9-14-5-6-14)36-29(40)23-11-15-3-1-2-4-22(15)42-23/h1-4,11-12,14,16,19-20H,5-10,13H2,(H,34,38)(H,35,39)(H,36,40)/t16-,19-,20-/m0/s1. The zero-order valence-corrected chi connectivity index (χ0v) is 22.2. The monoisotopic (exact) mass is 589 g/mol. The predicted molar refractivity (Wildman–Crippen MR) is 139 cm³/mol. The van der Waals surface area contributed by atoms with Crippen molar-refractivity contribution in [2.24, 2.45) is 11.8 Å². The van der Waals surface area contributed by atoms with Crippen LogP contribution in [0.15, 0.2) is 40.8 Å². The molecule has 1 saturated carbocycles. The highest BCUT2D eigenvalue weighted by Gasteiger charge is 2.36. The highest BCUT2D eigenvalue weighted by molar-refractivity contribution is 5.99. The van der Waals surface area contributed by atoms with Gasteiger partial charge in [-0.1, -0.05) is 31.0 Å². The quantitative estimate of drug-likeness (QED) is 0.219. The van der Waals surface area contributed by atoms with Crippen LogP contribution < -0.4 is 20.7 Å². The summed E-state index contributed by atoms with van der Waals surface area (Å²) in [6, 6.07) is 6.07. The molecule has 1 saturated heterocycles. The van der Waals surface area contributed by atoms with Crippen LogP contribution in [0.2, 0.25) is 0 Å². The Labute approximate surface area is 236 Å². The van der Waals surface area contributed by atoms with E-state index in [1.165, 1.54) is 6.07 Å². The zero-order chi connectivity index (χ0) is 30.0. The first-order chi connectivity index (χ1) is 20.1. The summed E-state index contributed by atoms with van der Waals surface area (Å²) in [6.07, 6.45) is 2.17. The summed E-state index contributed by atoms with van der Waals surface area (Å²) >= 11 is 0. The first-order valence-corrected chi connectivity index (χ1v) is 13.5. The van der Waals surface area contributed by atoms with Gasteiger partial charge in [0.15, 0.2) is 28.9 Å². The van der Waals surface area contributed by atoms with E-state index in [-0.39, 0.29) is 36.5 Å². The van der Waals surface area contributed by atoms with Crippen molar-refractivity contribution < 1.29 is 45.9 Å². The lowest BCUT2D eigenvalue weighted by atomic mass is 9.95. The van der Waals surface area contributed by atoms with Crippen molar-refractivity contribution in [1.82, 2.24) is 16.0 Å². The Morgan fingerprint density at radius 3 is 2.31 bits per heavy atom. The molecule has 2 aliphatic rings. The van der Waals surface area contributed by atoms with E-state index in [4.69, 9.17) is 9.15 Å². The van der Waals surface area contributed by atoms with E-state index < -0.39 is 71.2 Å². The molecule has 9 nitrogen and oxygen atoms in total. The van der Waals surface area contributed by atoms with Gasteiger partial charge in [-0.3, -0.25) is 19.2 Å². The maximum atomic E-state index is 14.1. The van der Waals surface area contributed by atoms with Gasteiger partial charge in [-0.15, -0.1) is 0 Å². The minimum Gasteiger partial charge on any atom is -0.479 e. The molecule has 1 aliphatic carbocycles. The number of benzene rings is 2. The highest BCUT2D eigenvalue weighted by Crippen LogP contribution is 2.34. The molecule has 3 atom stereocenters. The Balaban J connectivity index is 1.31. The van der Waals surface area contributed by atoms with Gasteiger partial charge in [-0.25, -0.2) is 8.78 Å². The molecule has 0 bridgehead atoms. The number of ketones is 1. The molecule has 3 amide bonds. The van der Waals surface area contributed by atoms with Gasteiger partial charge in [0.05, 0.1) is 6.04 Å². The number of ether oxygens (including phenoxy) is 1. The molecule has 42 heavy (non-hydrogen) atoms. The number of para-hydroxylation sites is 1. The molecule has 13 heteroatoms. The van der Waals surface area contributed by atoms with Crippen molar-refractivity contribution in [2.45, 2.75) is 44.2 Å². The maximum absolute atomic E-state index is 14.1. The van der Waals surface area contributed by atoms with E-state index in [0.29, 0.717) is 23.9 Å². The summed E-state index contributed by atoms with van der Waals surface area (Å²) in [5.41, 5.74) is 0.484. The molecule has 2 heterocycles. The van der Waals surface area contributed by atoms with Crippen molar-refractivity contribution in [3.05, 3.63) is 65.4 Å². The van der Waals surface area contributed by atoms with Gasteiger partial charge >= 0.3 is 0 Å². The third-order valence-corrected chi connectivity index (χ3v) is 7.36. The summed E-state index contributed by atoms with van der Waals surface area (Å²) < 4.78 is 65.7. The fourth-order valence-corrected chi connectivity index (χ4v) is 4.86. The van der Waals surface area contributed by atoms with Gasteiger partial charge in [-0.05, 0) is 37.3 Å². The number of hydrogen-bond acceptors (Lipinski definition) is 6. The Kier molecular flexibility index (Phi) is 8.46. The highest BCUT2D eigenvalue weighted by atomic mass is 19.2. The van der Waals surface area contributed by atoms with Crippen LogP contribution in [0.1, 0.15) is 42.7 Å². The molecular weight excluding hydrogens is 562 g/mol. The third-order valence-electron chi connectivity index (χ3n) is 7.36. The van der Waals surface area contributed by atoms with Gasteiger partial charge in [-0.2, -0.15) is 8.78 Å². The van der Waals surface area contributed by atoms with E-state index in [9.17, 15) is 36.7 Å². The summed E-state index contributed by atoms with van der Waals surface area (Å²) in [4.78, 5) is 51.8. The summed E-state index contributed by atoms with van der Waals surface area (Å²) in [5.74, 6) is -11.6. The number of furan rings is 1. The van der Waals surface area contributed by atoms with Crippen LogP contribution in [0.3, 0.4) is 0 Å². The maximum Gasteiger partial charge on any atom is 0.287 e. The zero-order valence-electron chi connectivity index (χ0n) is 22.2. The number of carbonyl (C=O) groups excluding carboxylic acids is 4. The molecule has 0 spiro atoms. The fraction of sp³-hybridized carbons (Fsp3) is 0.379. The predicted octanol–water partition coefficient (Wildman–Crippen LogP) is 3.55. The van der Waals surface area contributed by atoms with E-state index in [1.54, 1.807) is 24.3 Å². The molecule has 3 aromatic rings. The lowest BCUT2D eigenvalue weighted by molar-refractivity contribution is -0.131. The average Bonchev–Trinajstić information content (AvgIpc) is 3.52. The number of halogens is 4. The second kappa shape index (κ2) is 12.2. The second-order valence-corrected chi connectivity index (χ2v) is 10.5. The third kappa shape index (κ3) is 6.55. The summed E-state index contributed by atoms with van der Waals surface area (Å²) in [6.45, 7) is -0.708. The van der Waals surface area contributed by atoms with Crippen LogP contribution in [0.4, 0.5) is 17.6 Å². The van der Waals surface area contributed by atoms with Crippen molar-refractivity contribution in [1.29, 1.82) is 0 Å². The van der Waals surface area contributed by atoms with Crippen molar-refractivity contribution in [3.8, 4) is 5.75 Å². The molecule has 3 N–H and O–H groups in total. The van der Waals surface area contributed by atoms with E-state index in [2.05, 4.69) is 16.0 Å². The molecule has 0 radical (unpaired) electrons. The SMILES string of the molecule is O=C(N[C@@H](CC1CC1)C(=O)N[C@@H](C[C@@H]1CCNC1=O)C(=O)COc1c(F)c(F)cc(F)c1F)c1cc2ccccc2o1. The first kappa shape index (κ1) is 29.1. The Bertz CT molecular complexity index is 1480. The molecule has 2 aromatic carbocycles. The normalized spacial score (nSPS) is 17.9. The van der Waals surface area contributed by atoms with Crippen LogP contribution in [-0.4, -0.2) is 48.7 Å². The number of hydrogen-bond donors (Lipinski definition) is 3. The molecular formula is C29H27F4N3O6. The second-order valence-electron chi connectivity index (χ2n) is 10.5. The van der Waals surface area contributed by atoms with Crippen molar-refractivity contribution in [3.63, 3.8) is 0 Å². The van der Waals surface area contributed by atoms with E-state index in [0.717, 1.165) is 12.8 Å². The van der Waals surface area contributed by atoms with Crippen LogP contribution in [0.5, 0.6) is 5.75 Å². The minimum absolute atomic E-state index is 0.000723. The Morgan fingerprint density at radius 2 is 1.67 bits per heavy atom. The van der Waals surface area contributed by atoms with Gasteiger partial charge in [0, 0.05) is 23.9 Å². The van der Waals surface area contributed by atoms with Crippen LogP contribution >= 0.6 is 0 Å². The molecule has 0 unspecified atom stereocenters. The number of fused-ring (bicyclic) bond motifs is 1. The first-order valence-electron chi connectivity index (χ1n) is 13.5. The Morgan fingerprint density at radius 1 is 0.952 bits per heavy atom. The van der Waals surface area contributed by atoms with Crippen molar-refractivity contribution >= 4 is 34.5 Å². The van der Waals surface area contributed by atoms with Gasteiger partial charge in [0.2, 0.25) is 23.4 Å². The number of rotatable bonds is 12. The van der Waals surface area contributed by atoms with Gasteiger partial charge in [0.1, 0.15) is 18.2 Å². The van der Waals surface area contributed by atoms with Crippen LogP contribution in [0, 0.1) is 35.1 Å². The minimum atomic E-state index is -1.82. The molecule has 5 rings (SSSR count). The summed E-state index contributed by atoms with van der Waals surface area (Å²) in [5, 5.41) is 8.50. The van der Waals surface area contributed by atoms with Crippen LogP contribution in [-0.2, 0) is 14.4 Å². The Hall–Kier alpha value is -4.42. The van der Waals surface area contributed by atoms with E-state index >= 15 is 0 Å². The average molecular weight is 590 g/mol. The number of amides is 3. The lowest BCUT2D eigenvalue weighted by Crippen LogP contribution is -2.53. The smallest absolute Gasteiger partial charge is 0.287 e. The van der Waals surface area contributed by atoms with Gasteiger partial charge < -0.3 is 25.1 Å². The largest absolute Gasteiger partial charge is 0.479 e. The number of Topliss-reactive ketones (excluding diaryl/α,β-unsaturated/α-hetero) is 1. The lowest BCUT2D eigenvalue weighted by Gasteiger charge is -2.24. The topological polar surface area (TPSA) is 127 Å². The molecule has 222 valence electrons. The number of carbonyl (C=O) groups is 4. The molecule has 2 fully saturated rings. The fourth-order valence-electron chi connectivity index (χ4n) is 4.86. The molecule has 1 aliphatic heterocycles. The van der Waals surface area contributed by atoms with Crippen LogP contribution in [0.25, 0.3) is 11.0 Å². The molecule has 1 aromatic heterocycles. The number of nitrogens with one attached hydrogen (secondary N) is 3. The van der Waals surface area contributed by atoms with Crippen molar-refractivity contribution in [2.75, 3.05) is 13.2 Å². The van der Waals surface area contributed by atoms with Gasteiger partial charge in [0.25, 0.3) is 5.91 Å². The summed E-state index contributed by atoms with van der Waals surface area (Å²) in [7, 11) is 0.